The van der Waals surface area contributed by atoms with E-state index in [2.05, 4.69) is 27.0 Å². The Hall–Kier alpha value is -2.19. The molecule has 0 aromatic rings. The van der Waals surface area contributed by atoms with E-state index in [4.69, 9.17) is 4.74 Å². The molecule has 8 heteroatoms. The average Bonchev–Trinajstić information content (AvgIpc) is 3.41. The summed E-state index contributed by atoms with van der Waals surface area (Å²) in [6.45, 7) is 23.0. The van der Waals surface area contributed by atoms with Crippen LogP contribution in [0.5, 0.6) is 0 Å². The predicted molar refractivity (Wildman–Crippen MR) is 157 cm³/mol. The lowest BCUT2D eigenvalue weighted by molar-refractivity contribution is -0.159. The van der Waals surface area contributed by atoms with Gasteiger partial charge in [-0.3, -0.25) is 14.4 Å². The zero-order valence-corrected chi connectivity index (χ0v) is 25.9. The van der Waals surface area contributed by atoms with E-state index in [-0.39, 0.29) is 42.2 Å². The number of fused-ring (bicyclic) bond motifs is 1. The van der Waals surface area contributed by atoms with Crippen molar-refractivity contribution in [1.29, 1.82) is 0 Å². The van der Waals surface area contributed by atoms with E-state index >= 15 is 0 Å². The number of carbonyl (C=O) groups is 3. The molecule has 0 aliphatic carbocycles. The molecule has 1 N–H and O–H groups in total. The van der Waals surface area contributed by atoms with Gasteiger partial charge in [-0.25, -0.2) is 0 Å². The van der Waals surface area contributed by atoms with E-state index in [1.165, 1.54) is 0 Å². The van der Waals surface area contributed by atoms with E-state index in [9.17, 15) is 19.5 Å². The third-order valence-corrected chi connectivity index (χ3v) is 9.60. The van der Waals surface area contributed by atoms with Gasteiger partial charge in [0, 0.05) is 25.7 Å². The van der Waals surface area contributed by atoms with Crippen LogP contribution in [0.25, 0.3) is 0 Å². The number of aliphatic hydroxyl groups is 1. The molecule has 40 heavy (non-hydrogen) atoms. The quantitative estimate of drug-likeness (QED) is 0.306. The van der Waals surface area contributed by atoms with Crippen molar-refractivity contribution in [3.8, 4) is 0 Å². The summed E-state index contributed by atoms with van der Waals surface area (Å²) in [7, 11) is 0. The fourth-order valence-electron chi connectivity index (χ4n) is 7.82. The Labute approximate surface area is 241 Å². The van der Waals surface area contributed by atoms with Crippen LogP contribution >= 0.6 is 0 Å². The van der Waals surface area contributed by atoms with Crippen LogP contribution in [-0.4, -0.2) is 93.1 Å². The summed E-state index contributed by atoms with van der Waals surface area (Å²) < 4.78 is 6.94. The molecule has 3 rings (SSSR count). The smallest absolute Gasteiger partial charge is 0.248 e. The minimum atomic E-state index is -1.13. The molecule has 4 unspecified atom stereocenters. The van der Waals surface area contributed by atoms with E-state index in [0.717, 1.165) is 19.3 Å². The predicted octanol–water partition coefficient (Wildman–Crippen LogP) is 4.03. The molecule has 1 spiro atoms. The molecule has 0 aromatic carbocycles. The minimum absolute atomic E-state index is 0.0356. The van der Waals surface area contributed by atoms with Gasteiger partial charge in [0.05, 0.1) is 30.1 Å². The molecular formula is C32H53N3O5. The SMILES string of the molecule is C=CCN(CCC)C(=O)[C@@H]1[C@H]2C(=O)N([C@@H](CO)CC(C)C)C(C(=O)N(CC=C)C(C)CCC)C23CC(C)[C@@]1(C)O3. The number of nitrogens with zero attached hydrogens (tertiary/aromatic N) is 3. The summed E-state index contributed by atoms with van der Waals surface area (Å²) in [6.07, 6.45) is 7.00. The Morgan fingerprint density at radius 3 is 2.33 bits per heavy atom. The molecule has 0 radical (unpaired) electrons. The van der Waals surface area contributed by atoms with E-state index < -0.39 is 35.1 Å². The van der Waals surface area contributed by atoms with E-state index in [0.29, 0.717) is 32.5 Å². The van der Waals surface area contributed by atoms with Crippen LogP contribution in [0.4, 0.5) is 0 Å². The van der Waals surface area contributed by atoms with Gasteiger partial charge in [0.1, 0.15) is 11.6 Å². The van der Waals surface area contributed by atoms with Crippen molar-refractivity contribution >= 4 is 17.7 Å². The highest BCUT2D eigenvalue weighted by Crippen LogP contribution is 2.66. The van der Waals surface area contributed by atoms with Gasteiger partial charge >= 0.3 is 0 Å². The molecule has 3 amide bonds. The van der Waals surface area contributed by atoms with Gasteiger partial charge in [-0.2, -0.15) is 0 Å². The van der Waals surface area contributed by atoms with Crippen LogP contribution in [0.15, 0.2) is 25.3 Å². The number of carbonyl (C=O) groups excluding carboxylic acids is 3. The lowest BCUT2D eigenvalue weighted by Gasteiger charge is -2.41. The fraction of sp³-hybridized carbons (Fsp3) is 0.781. The Morgan fingerprint density at radius 2 is 1.80 bits per heavy atom. The fourth-order valence-corrected chi connectivity index (χ4v) is 7.82. The molecule has 0 aromatic heterocycles. The highest BCUT2D eigenvalue weighted by atomic mass is 16.5. The molecule has 0 saturated carbocycles. The minimum Gasteiger partial charge on any atom is -0.394 e. The maximum Gasteiger partial charge on any atom is 0.248 e. The Balaban J connectivity index is 2.21. The van der Waals surface area contributed by atoms with Crippen molar-refractivity contribution in [2.24, 2.45) is 23.7 Å². The first-order valence-electron chi connectivity index (χ1n) is 15.3. The van der Waals surface area contributed by atoms with Crippen molar-refractivity contribution in [1.82, 2.24) is 14.7 Å². The third-order valence-electron chi connectivity index (χ3n) is 9.60. The molecule has 3 heterocycles. The maximum absolute atomic E-state index is 14.7. The van der Waals surface area contributed by atoms with Crippen molar-refractivity contribution in [2.75, 3.05) is 26.2 Å². The molecule has 3 fully saturated rings. The van der Waals surface area contributed by atoms with Crippen LogP contribution in [0.2, 0.25) is 0 Å². The Kier molecular flexibility index (Phi) is 10.3. The molecule has 226 valence electrons. The van der Waals surface area contributed by atoms with Crippen molar-refractivity contribution in [3.63, 3.8) is 0 Å². The molecule has 2 bridgehead atoms. The molecule has 8 nitrogen and oxygen atoms in total. The van der Waals surface area contributed by atoms with Crippen LogP contribution in [0.1, 0.15) is 80.6 Å². The van der Waals surface area contributed by atoms with Gasteiger partial charge in [-0.05, 0) is 51.4 Å². The number of hydrogen-bond donors (Lipinski definition) is 1. The van der Waals surface area contributed by atoms with Gasteiger partial charge in [0.15, 0.2) is 0 Å². The van der Waals surface area contributed by atoms with Crippen LogP contribution < -0.4 is 0 Å². The Morgan fingerprint density at radius 1 is 1.15 bits per heavy atom. The first-order valence-corrected chi connectivity index (χ1v) is 15.3. The molecule has 3 aliphatic rings. The highest BCUT2D eigenvalue weighted by Gasteiger charge is 2.80. The number of aliphatic hydroxyl groups excluding tert-OH is 1. The second-order valence-corrected chi connectivity index (χ2v) is 12.9. The van der Waals surface area contributed by atoms with Gasteiger partial charge in [-0.1, -0.05) is 53.2 Å². The lowest BCUT2D eigenvalue weighted by atomic mass is 9.62. The summed E-state index contributed by atoms with van der Waals surface area (Å²) in [5.74, 6) is -1.88. The molecule has 3 saturated heterocycles. The highest BCUT2D eigenvalue weighted by molar-refractivity contribution is 5.99. The van der Waals surface area contributed by atoms with Gasteiger partial charge in [0.25, 0.3) is 0 Å². The summed E-state index contributed by atoms with van der Waals surface area (Å²) >= 11 is 0. The lowest BCUT2D eigenvalue weighted by Crippen LogP contribution is -2.60. The number of ether oxygens (including phenoxy) is 1. The first-order chi connectivity index (χ1) is 18.9. The summed E-state index contributed by atoms with van der Waals surface area (Å²) in [5, 5.41) is 10.6. The number of likely N-dealkylation sites (tertiary alicyclic amines) is 1. The monoisotopic (exact) mass is 559 g/mol. The average molecular weight is 560 g/mol. The van der Waals surface area contributed by atoms with Crippen LogP contribution in [0.3, 0.4) is 0 Å². The number of hydrogen-bond acceptors (Lipinski definition) is 5. The summed E-state index contributed by atoms with van der Waals surface area (Å²) in [5.41, 5.74) is -2.01. The third kappa shape index (κ3) is 5.26. The zero-order valence-electron chi connectivity index (χ0n) is 25.9. The number of rotatable bonds is 15. The van der Waals surface area contributed by atoms with Gasteiger partial charge in [0.2, 0.25) is 17.7 Å². The Bertz CT molecular complexity index is 968. The number of amides is 3. The van der Waals surface area contributed by atoms with Gasteiger partial charge in [-0.15, -0.1) is 13.2 Å². The van der Waals surface area contributed by atoms with Crippen molar-refractivity contribution in [3.05, 3.63) is 25.3 Å². The van der Waals surface area contributed by atoms with Gasteiger partial charge < -0.3 is 24.5 Å². The van der Waals surface area contributed by atoms with Crippen LogP contribution in [0, 0.1) is 23.7 Å². The van der Waals surface area contributed by atoms with Crippen molar-refractivity contribution in [2.45, 2.75) is 110 Å². The maximum atomic E-state index is 14.7. The van der Waals surface area contributed by atoms with E-state index in [1.54, 1.807) is 22.0 Å². The summed E-state index contributed by atoms with van der Waals surface area (Å²) in [6, 6.07) is -1.52. The van der Waals surface area contributed by atoms with Crippen molar-refractivity contribution < 1.29 is 24.2 Å². The standard InChI is InChI=1S/C32H53N3O5/c1-10-14-23(8)34(17-13-4)30(39)27-32-19-22(7)31(9,40-32)25(28(37)33(15-11-2)16-12-3)26(32)29(38)35(27)24(20-36)18-21(5)6/h11,13,21-27,36H,2,4,10,12,14-20H2,1,3,5-9H3/t22?,23?,24-,25+,26+,27?,31-,32?/m1/s1. The second-order valence-electron chi connectivity index (χ2n) is 12.9. The first kappa shape index (κ1) is 32.3. The second kappa shape index (κ2) is 12.8. The topological polar surface area (TPSA) is 90.4 Å². The normalized spacial score (nSPS) is 32.2. The largest absolute Gasteiger partial charge is 0.394 e. The molecule has 8 atom stereocenters. The zero-order chi connectivity index (χ0) is 30.0. The molecule has 3 aliphatic heterocycles. The molecular weight excluding hydrogens is 506 g/mol. The van der Waals surface area contributed by atoms with Crippen LogP contribution in [-0.2, 0) is 19.1 Å². The van der Waals surface area contributed by atoms with E-state index in [1.807, 2.05) is 39.5 Å². The summed E-state index contributed by atoms with van der Waals surface area (Å²) in [4.78, 5) is 48.7.